The van der Waals surface area contributed by atoms with Crippen LogP contribution in [0, 0.1) is 10.1 Å². The molecule has 8 nitrogen and oxygen atoms in total. The lowest BCUT2D eigenvalue weighted by atomic mass is 10.1. The molecule has 0 spiro atoms. The molecule has 0 aliphatic rings. The van der Waals surface area contributed by atoms with E-state index < -0.39 is 16.8 Å². The summed E-state index contributed by atoms with van der Waals surface area (Å²) in [6.07, 6.45) is 0. The van der Waals surface area contributed by atoms with Crippen molar-refractivity contribution in [3.63, 3.8) is 0 Å². The molecule has 0 unspecified atom stereocenters. The van der Waals surface area contributed by atoms with Crippen molar-refractivity contribution >= 4 is 58.0 Å². The first-order valence-electron chi connectivity index (χ1n) is 5.45. The molecule has 2 rings (SSSR count). The van der Waals surface area contributed by atoms with Crippen LogP contribution in [0.5, 0.6) is 0 Å². The molecule has 0 aliphatic carbocycles. The topological polar surface area (TPSA) is 122 Å². The minimum atomic E-state index is -1.35. The van der Waals surface area contributed by atoms with E-state index in [4.69, 9.17) is 28.3 Å². The highest BCUT2D eigenvalue weighted by Crippen LogP contribution is 2.30. The van der Waals surface area contributed by atoms with E-state index in [0.717, 1.165) is 29.7 Å². The van der Waals surface area contributed by atoms with Gasteiger partial charge in [0.1, 0.15) is 9.90 Å². The largest absolute Gasteiger partial charge is 0.478 e. The van der Waals surface area contributed by atoms with E-state index in [1.54, 1.807) is 0 Å². The smallest absolute Gasteiger partial charge is 0.337 e. The van der Waals surface area contributed by atoms with Gasteiger partial charge in [-0.05, 0) is 17.6 Å². The second kappa shape index (κ2) is 6.26. The Bertz CT molecular complexity index is 792. The van der Waals surface area contributed by atoms with Crippen LogP contribution in [0.1, 0.15) is 20.0 Å². The number of nitro groups is 1. The standard InChI is InChI=1S/C11H5Cl2N3O5S/c12-7-8(22-15-9(7)13)10(17)14-6-3-4(16(20)21)1-2-5(6)11(18)19/h1-3H,(H,14,17)(H,18,19). The SMILES string of the molecule is O=C(O)c1ccc([N+](=O)[O-])cc1NC(=O)c1snc(Cl)c1Cl. The van der Waals surface area contributed by atoms with Crippen LogP contribution in [0.4, 0.5) is 11.4 Å². The highest BCUT2D eigenvalue weighted by atomic mass is 35.5. The quantitative estimate of drug-likeness (QED) is 0.635. The first-order valence-corrected chi connectivity index (χ1v) is 6.98. The molecule has 1 amide bonds. The molecule has 1 aromatic heterocycles. The van der Waals surface area contributed by atoms with Gasteiger partial charge in [0.2, 0.25) is 0 Å². The van der Waals surface area contributed by atoms with Crippen molar-refractivity contribution in [2.75, 3.05) is 5.32 Å². The number of carbonyl (C=O) groups excluding carboxylic acids is 1. The summed E-state index contributed by atoms with van der Waals surface area (Å²) in [4.78, 5) is 33.2. The van der Waals surface area contributed by atoms with Crippen LogP contribution in [-0.4, -0.2) is 26.3 Å². The molecule has 0 fully saturated rings. The van der Waals surface area contributed by atoms with Crippen molar-refractivity contribution < 1.29 is 19.6 Å². The number of hydrogen-bond acceptors (Lipinski definition) is 6. The zero-order valence-corrected chi connectivity index (χ0v) is 12.7. The van der Waals surface area contributed by atoms with Crippen molar-refractivity contribution in [2.45, 2.75) is 0 Å². The maximum atomic E-state index is 12.1. The molecule has 0 aliphatic heterocycles. The third-order valence-electron chi connectivity index (χ3n) is 2.50. The van der Waals surface area contributed by atoms with Gasteiger partial charge in [-0.1, -0.05) is 23.2 Å². The van der Waals surface area contributed by atoms with Crippen molar-refractivity contribution in [3.05, 3.63) is 48.9 Å². The van der Waals surface area contributed by atoms with Crippen LogP contribution >= 0.6 is 34.7 Å². The van der Waals surface area contributed by atoms with Crippen LogP contribution < -0.4 is 5.32 Å². The maximum Gasteiger partial charge on any atom is 0.337 e. The summed E-state index contributed by atoms with van der Waals surface area (Å²) in [5.41, 5.74) is -0.897. The number of carboxylic acids is 1. The predicted molar refractivity (Wildman–Crippen MR) is 80.1 cm³/mol. The lowest BCUT2D eigenvalue weighted by molar-refractivity contribution is -0.384. The van der Waals surface area contributed by atoms with Crippen LogP contribution in [-0.2, 0) is 0 Å². The van der Waals surface area contributed by atoms with Gasteiger partial charge in [-0.3, -0.25) is 14.9 Å². The minimum absolute atomic E-state index is 0.0329. The number of anilines is 1. The summed E-state index contributed by atoms with van der Waals surface area (Å²) in [5.74, 6) is -2.11. The highest BCUT2D eigenvalue weighted by Gasteiger charge is 2.21. The lowest BCUT2D eigenvalue weighted by Gasteiger charge is -2.07. The van der Waals surface area contributed by atoms with Crippen LogP contribution in [0.3, 0.4) is 0 Å². The number of nitrogens with one attached hydrogen (secondary N) is 1. The fourth-order valence-electron chi connectivity index (χ4n) is 1.52. The normalized spacial score (nSPS) is 10.3. The Morgan fingerprint density at radius 3 is 2.55 bits per heavy atom. The Morgan fingerprint density at radius 1 is 1.36 bits per heavy atom. The molecule has 2 aromatic rings. The lowest BCUT2D eigenvalue weighted by Crippen LogP contribution is -2.14. The van der Waals surface area contributed by atoms with E-state index in [9.17, 15) is 19.7 Å². The molecular weight excluding hydrogens is 357 g/mol. The number of aromatic nitrogens is 1. The Hall–Kier alpha value is -2.23. The summed E-state index contributed by atoms with van der Waals surface area (Å²) in [6.45, 7) is 0. The molecule has 0 saturated carbocycles. The number of rotatable bonds is 4. The number of benzene rings is 1. The molecule has 0 radical (unpaired) electrons. The van der Waals surface area contributed by atoms with Crippen molar-refractivity contribution in [2.24, 2.45) is 0 Å². The van der Waals surface area contributed by atoms with E-state index in [-0.39, 0.29) is 32.0 Å². The molecule has 114 valence electrons. The third-order valence-corrected chi connectivity index (χ3v) is 4.29. The van der Waals surface area contributed by atoms with Crippen LogP contribution in [0.15, 0.2) is 18.2 Å². The second-order valence-corrected chi connectivity index (χ2v) is 5.37. The van der Waals surface area contributed by atoms with E-state index in [1.165, 1.54) is 0 Å². The van der Waals surface area contributed by atoms with Gasteiger partial charge in [0.15, 0.2) is 5.15 Å². The van der Waals surface area contributed by atoms with Crippen LogP contribution in [0.25, 0.3) is 0 Å². The van der Waals surface area contributed by atoms with Gasteiger partial charge < -0.3 is 10.4 Å². The summed E-state index contributed by atoms with van der Waals surface area (Å²) in [7, 11) is 0. The number of carboxylic acid groups (broad SMARTS) is 1. The van der Waals surface area contributed by atoms with E-state index in [1.807, 2.05) is 0 Å². The molecule has 0 bridgehead atoms. The molecule has 2 N–H and O–H groups in total. The number of amides is 1. The monoisotopic (exact) mass is 361 g/mol. The average Bonchev–Trinajstić information content (AvgIpc) is 2.78. The number of carbonyl (C=O) groups is 2. The Labute approximate surface area is 136 Å². The number of non-ortho nitro benzene ring substituents is 1. The Balaban J connectivity index is 2.40. The first-order chi connectivity index (χ1) is 10.3. The average molecular weight is 362 g/mol. The Kier molecular flexibility index (Phi) is 4.59. The third kappa shape index (κ3) is 3.16. The number of nitrogens with zero attached hydrogens (tertiary/aromatic N) is 2. The first kappa shape index (κ1) is 16.1. The van der Waals surface area contributed by atoms with Gasteiger partial charge in [-0.15, -0.1) is 0 Å². The van der Waals surface area contributed by atoms with Crippen LogP contribution in [0.2, 0.25) is 10.2 Å². The van der Waals surface area contributed by atoms with Crippen molar-refractivity contribution in [3.8, 4) is 0 Å². The molecular formula is C11H5Cl2N3O5S. The minimum Gasteiger partial charge on any atom is -0.478 e. The Morgan fingerprint density at radius 2 is 2.05 bits per heavy atom. The molecule has 0 saturated heterocycles. The van der Waals surface area contributed by atoms with Gasteiger partial charge in [0.05, 0.1) is 16.2 Å². The second-order valence-electron chi connectivity index (χ2n) is 3.86. The molecule has 1 heterocycles. The van der Waals surface area contributed by atoms with E-state index in [0.29, 0.717) is 0 Å². The molecule has 1 aromatic carbocycles. The molecule has 0 atom stereocenters. The molecule has 11 heteroatoms. The summed E-state index contributed by atoms with van der Waals surface area (Å²) >= 11 is 12.1. The van der Waals surface area contributed by atoms with Gasteiger partial charge in [-0.25, -0.2) is 4.79 Å². The van der Waals surface area contributed by atoms with Gasteiger partial charge in [-0.2, -0.15) is 4.37 Å². The zero-order chi connectivity index (χ0) is 16.4. The van der Waals surface area contributed by atoms with Gasteiger partial charge in [0, 0.05) is 12.1 Å². The highest BCUT2D eigenvalue weighted by molar-refractivity contribution is 7.09. The fraction of sp³-hybridized carbons (Fsp3) is 0. The van der Waals surface area contributed by atoms with Crippen molar-refractivity contribution in [1.29, 1.82) is 0 Å². The summed E-state index contributed by atoms with van der Waals surface area (Å²) in [5, 5.41) is 21.9. The van der Waals surface area contributed by atoms with E-state index >= 15 is 0 Å². The number of hydrogen-bond donors (Lipinski definition) is 2. The van der Waals surface area contributed by atoms with Crippen molar-refractivity contribution in [1.82, 2.24) is 4.37 Å². The fourth-order valence-corrected chi connectivity index (χ4v) is 2.62. The van der Waals surface area contributed by atoms with Gasteiger partial charge >= 0.3 is 5.97 Å². The number of nitro benzene ring substituents is 1. The van der Waals surface area contributed by atoms with E-state index in [2.05, 4.69) is 9.69 Å². The maximum absolute atomic E-state index is 12.1. The van der Waals surface area contributed by atoms with Gasteiger partial charge in [0.25, 0.3) is 11.6 Å². The zero-order valence-electron chi connectivity index (χ0n) is 10.4. The predicted octanol–water partition coefficient (Wildman–Crippen LogP) is 3.31. The molecule has 22 heavy (non-hydrogen) atoms. The number of aromatic carboxylic acids is 1. The summed E-state index contributed by atoms with van der Waals surface area (Å²) < 4.78 is 3.67. The summed E-state index contributed by atoms with van der Waals surface area (Å²) in [6, 6.07) is 2.99. The number of halogens is 2.